The highest BCUT2D eigenvalue weighted by Crippen LogP contribution is 2.21. The van der Waals surface area contributed by atoms with E-state index in [9.17, 15) is 9.59 Å². The number of hydrogen-bond donors (Lipinski definition) is 1. The maximum Gasteiger partial charge on any atom is 0.410 e. The van der Waals surface area contributed by atoms with E-state index in [0.29, 0.717) is 6.04 Å². The molecular weight excluding hydrogens is 248 g/mol. The molecule has 1 saturated carbocycles. The Balaban J connectivity index is 2.37. The molecule has 1 aliphatic rings. The van der Waals surface area contributed by atoms with Crippen LogP contribution in [0.4, 0.5) is 4.79 Å². The van der Waals surface area contributed by atoms with Crippen LogP contribution in [0.5, 0.6) is 0 Å². The molecule has 0 aromatic carbocycles. The van der Waals surface area contributed by atoms with Crippen LogP contribution in [0.2, 0.25) is 0 Å². The molecule has 0 spiro atoms. The van der Waals surface area contributed by atoms with E-state index in [1.54, 1.807) is 11.9 Å². The van der Waals surface area contributed by atoms with Gasteiger partial charge in [0, 0.05) is 20.1 Å². The van der Waals surface area contributed by atoms with Gasteiger partial charge in [-0.25, -0.2) is 4.79 Å². The van der Waals surface area contributed by atoms with E-state index in [4.69, 9.17) is 9.84 Å². The Labute approximate surface area is 114 Å². The summed E-state index contributed by atoms with van der Waals surface area (Å²) in [7, 11) is 3.32. The molecule has 0 saturated heterocycles. The van der Waals surface area contributed by atoms with Gasteiger partial charge in [0.25, 0.3) is 0 Å². The Bertz CT molecular complexity index is 303. The zero-order chi connectivity index (χ0) is 14.3. The SMILES string of the molecule is CN(CC(=O)N(C)C1CCCCC1)C(=O)OCCO. The van der Waals surface area contributed by atoms with E-state index >= 15 is 0 Å². The molecule has 0 aromatic heterocycles. The van der Waals surface area contributed by atoms with E-state index in [1.807, 2.05) is 0 Å². The number of carbonyl (C=O) groups is 2. The number of aliphatic hydroxyl groups is 1. The molecule has 1 aliphatic carbocycles. The van der Waals surface area contributed by atoms with Crippen molar-refractivity contribution >= 4 is 12.0 Å². The Morgan fingerprint density at radius 3 is 2.42 bits per heavy atom. The summed E-state index contributed by atoms with van der Waals surface area (Å²) in [5.41, 5.74) is 0. The minimum Gasteiger partial charge on any atom is -0.447 e. The molecule has 110 valence electrons. The van der Waals surface area contributed by atoms with Crippen molar-refractivity contribution in [2.45, 2.75) is 38.1 Å². The average Bonchev–Trinajstić information content (AvgIpc) is 2.44. The summed E-state index contributed by atoms with van der Waals surface area (Å²) in [5.74, 6) is -0.0738. The normalized spacial score (nSPS) is 15.9. The lowest BCUT2D eigenvalue weighted by molar-refractivity contribution is -0.133. The molecule has 6 nitrogen and oxygen atoms in total. The fourth-order valence-electron chi connectivity index (χ4n) is 2.29. The molecular formula is C13H24N2O4. The highest BCUT2D eigenvalue weighted by molar-refractivity contribution is 5.82. The monoisotopic (exact) mass is 272 g/mol. The van der Waals surface area contributed by atoms with E-state index in [-0.39, 0.29) is 25.7 Å². The minimum atomic E-state index is -0.584. The van der Waals surface area contributed by atoms with Crippen LogP contribution in [0.3, 0.4) is 0 Å². The Morgan fingerprint density at radius 1 is 1.21 bits per heavy atom. The number of ether oxygens (including phenoxy) is 1. The molecule has 0 atom stereocenters. The second kappa shape index (κ2) is 7.99. The molecule has 0 aromatic rings. The summed E-state index contributed by atoms with van der Waals surface area (Å²) in [4.78, 5) is 26.5. The lowest BCUT2D eigenvalue weighted by Crippen LogP contribution is -2.44. The number of aliphatic hydroxyl groups excluding tert-OH is 1. The summed E-state index contributed by atoms with van der Waals surface area (Å²) in [6.07, 6.45) is 5.07. The van der Waals surface area contributed by atoms with E-state index in [0.717, 1.165) is 25.7 Å². The van der Waals surface area contributed by atoms with Crippen LogP contribution >= 0.6 is 0 Å². The number of amides is 2. The van der Waals surface area contributed by atoms with Crippen LogP contribution in [0, 0.1) is 0 Å². The van der Waals surface area contributed by atoms with Crippen molar-refractivity contribution in [2.75, 3.05) is 33.9 Å². The van der Waals surface area contributed by atoms with Gasteiger partial charge in [-0.1, -0.05) is 19.3 Å². The van der Waals surface area contributed by atoms with Crippen molar-refractivity contribution in [2.24, 2.45) is 0 Å². The fraction of sp³-hybridized carbons (Fsp3) is 0.846. The van der Waals surface area contributed by atoms with Crippen molar-refractivity contribution in [1.82, 2.24) is 9.80 Å². The maximum atomic E-state index is 12.1. The van der Waals surface area contributed by atoms with Crippen LogP contribution in [-0.4, -0.2) is 66.8 Å². The predicted octanol–water partition coefficient (Wildman–Crippen LogP) is 0.838. The topological polar surface area (TPSA) is 70.1 Å². The fourth-order valence-corrected chi connectivity index (χ4v) is 2.29. The molecule has 19 heavy (non-hydrogen) atoms. The largest absolute Gasteiger partial charge is 0.447 e. The third-order valence-electron chi connectivity index (χ3n) is 3.52. The van der Waals surface area contributed by atoms with Gasteiger partial charge in [0.1, 0.15) is 13.2 Å². The molecule has 1 fully saturated rings. The summed E-state index contributed by atoms with van der Waals surface area (Å²) in [6.45, 7) is -0.247. The Morgan fingerprint density at radius 2 is 1.84 bits per heavy atom. The first-order valence-corrected chi connectivity index (χ1v) is 6.80. The number of nitrogens with zero attached hydrogens (tertiary/aromatic N) is 2. The molecule has 0 unspecified atom stereocenters. The lowest BCUT2D eigenvalue weighted by atomic mass is 9.94. The zero-order valence-corrected chi connectivity index (χ0v) is 11.8. The first kappa shape index (κ1) is 15.8. The van der Waals surface area contributed by atoms with Gasteiger partial charge in [-0.15, -0.1) is 0 Å². The third-order valence-corrected chi connectivity index (χ3v) is 3.52. The van der Waals surface area contributed by atoms with Crippen LogP contribution in [-0.2, 0) is 9.53 Å². The number of hydrogen-bond acceptors (Lipinski definition) is 4. The highest BCUT2D eigenvalue weighted by Gasteiger charge is 2.24. The number of rotatable bonds is 5. The Hall–Kier alpha value is -1.30. The first-order valence-electron chi connectivity index (χ1n) is 6.80. The van der Waals surface area contributed by atoms with E-state index in [2.05, 4.69) is 0 Å². The molecule has 1 N–H and O–H groups in total. The molecule has 2 amide bonds. The van der Waals surface area contributed by atoms with Gasteiger partial charge in [-0.05, 0) is 12.8 Å². The van der Waals surface area contributed by atoms with E-state index < -0.39 is 6.09 Å². The number of carbonyl (C=O) groups excluding carboxylic acids is 2. The average molecular weight is 272 g/mol. The van der Waals surface area contributed by atoms with Crippen LogP contribution in [0.1, 0.15) is 32.1 Å². The second-order valence-corrected chi connectivity index (χ2v) is 4.99. The summed E-state index contributed by atoms with van der Waals surface area (Å²) in [5, 5.41) is 8.57. The minimum absolute atomic E-state index is 0.0112. The van der Waals surface area contributed by atoms with Crippen molar-refractivity contribution in [3.8, 4) is 0 Å². The summed E-state index contributed by atoms with van der Waals surface area (Å²) < 4.78 is 4.75. The van der Waals surface area contributed by atoms with Gasteiger partial charge in [-0.2, -0.15) is 0 Å². The van der Waals surface area contributed by atoms with Gasteiger partial charge in [0.2, 0.25) is 5.91 Å². The second-order valence-electron chi connectivity index (χ2n) is 4.99. The third kappa shape index (κ3) is 5.06. The smallest absolute Gasteiger partial charge is 0.410 e. The van der Waals surface area contributed by atoms with Crippen LogP contribution in [0.25, 0.3) is 0 Å². The quantitative estimate of drug-likeness (QED) is 0.805. The van der Waals surface area contributed by atoms with Crippen LogP contribution in [0.15, 0.2) is 0 Å². The molecule has 1 rings (SSSR count). The molecule has 6 heteroatoms. The maximum absolute atomic E-state index is 12.1. The van der Waals surface area contributed by atoms with Crippen molar-refractivity contribution < 1.29 is 19.4 Å². The van der Waals surface area contributed by atoms with Gasteiger partial charge in [0.05, 0.1) is 6.61 Å². The standard InChI is InChI=1S/C13H24N2O4/c1-14(13(18)19-9-8-16)10-12(17)15(2)11-6-4-3-5-7-11/h11,16H,3-10H2,1-2H3. The molecule has 0 heterocycles. The summed E-state index contributed by atoms with van der Waals surface area (Å²) >= 11 is 0. The molecule has 0 aliphatic heterocycles. The van der Waals surface area contributed by atoms with Crippen molar-refractivity contribution in [1.29, 1.82) is 0 Å². The molecule has 0 radical (unpaired) electrons. The number of likely N-dealkylation sites (N-methyl/N-ethyl adjacent to an activating group) is 2. The highest BCUT2D eigenvalue weighted by atomic mass is 16.6. The van der Waals surface area contributed by atoms with Gasteiger partial charge in [0.15, 0.2) is 0 Å². The summed E-state index contributed by atoms with van der Waals surface area (Å²) in [6, 6.07) is 0.295. The van der Waals surface area contributed by atoms with Crippen LogP contribution < -0.4 is 0 Å². The van der Waals surface area contributed by atoms with Gasteiger partial charge in [-0.3, -0.25) is 4.79 Å². The van der Waals surface area contributed by atoms with Gasteiger partial charge >= 0.3 is 6.09 Å². The molecule has 0 bridgehead atoms. The lowest BCUT2D eigenvalue weighted by Gasteiger charge is -2.32. The van der Waals surface area contributed by atoms with Crippen molar-refractivity contribution in [3.63, 3.8) is 0 Å². The first-order chi connectivity index (χ1) is 9.06. The predicted molar refractivity (Wildman–Crippen MR) is 70.7 cm³/mol. The van der Waals surface area contributed by atoms with Crippen molar-refractivity contribution in [3.05, 3.63) is 0 Å². The van der Waals surface area contributed by atoms with Gasteiger partial charge < -0.3 is 19.6 Å². The van der Waals surface area contributed by atoms with E-state index in [1.165, 1.54) is 18.4 Å². The Kier molecular flexibility index (Phi) is 6.62. The zero-order valence-electron chi connectivity index (χ0n) is 11.8.